The number of amides is 1. The number of anilines is 1. The van der Waals surface area contributed by atoms with Crippen molar-refractivity contribution >= 4 is 63.5 Å². The molecule has 0 atom stereocenters. The van der Waals surface area contributed by atoms with Crippen LogP contribution in [0.1, 0.15) is 5.76 Å². The number of furan rings is 1. The van der Waals surface area contributed by atoms with Gasteiger partial charge in [-0.3, -0.25) is 4.79 Å². The molecule has 0 aliphatic carbocycles. The van der Waals surface area contributed by atoms with Crippen LogP contribution in [0.15, 0.2) is 65.1 Å². The molecular weight excluding hydrogens is 472 g/mol. The van der Waals surface area contributed by atoms with Gasteiger partial charge in [0.05, 0.1) is 5.02 Å². The first-order chi connectivity index (χ1) is 12.0. The first kappa shape index (κ1) is 18.0. The Labute approximate surface area is 168 Å². The molecule has 0 radical (unpaired) electrons. The van der Waals surface area contributed by atoms with E-state index in [9.17, 15) is 4.79 Å². The van der Waals surface area contributed by atoms with Crippen LogP contribution in [-0.4, -0.2) is 5.91 Å². The molecule has 3 aromatic rings. The molecular formula is C19H12Cl2INO2. The molecule has 0 saturated heterocycles. The molecule has 0 fully saturated rings. The van der Waals surface area contributed by atoms with Gasteiger partial charge >= 0.3 is 0 Å². The smallest absolute Gasteiger partial charge is 0.248 e. The van der Waals surface area contributed by atoms with Gasteiger partial charge in [0.2, 0.25) is 5.91 Å². The van der Waals surface area contributed by atoms with Gasteiger partial charge < -0.3 is 9.73 Å². The number of hydrogen-bond acceptors (Lipinski definition) is 2. The highest BCUT2D eigenvalue weighted by molar-refractivity contribution is 14.1. The van der Waals surface area contributed by atoms with Gasteiger partial charge in [0.25, 0.3) is 0 Å². The molecule has 0 spiro atoms. The van der Waals surface area contributed by atoms with E-state index in [4.69, 9.17) is 27.6 Å². The summed E-state index contributed by atoms with van der Waals surface area (Å²) in [7, 11) is 0. The topological polar surface area (TPSA) is 42.2 Å². The Hall–Kier alpha value is -1.76. The monoisotopic (exact) mass is 483 g/mol. The Balaban J connectivity index is 1.69. The minimum Gasteiger partial charge on any atom is -0.457 e. The highest BCUT2D eigenvalue weighted by Crippen LogP contribution is 2.31. The SMILES string of the molecule is O=C(/C=C/c1ccc(-c2ccc(Cl)cc2Cl)o1)Nc1ccc(I)cc1. The number of carbonyl (C=O) groups is 1. The molecule has 0 unspecified atom stereocenters. The molecule has 3 rings (SSSR count). The van der Waals surface area contributed by atoms with Gasteiger partial charge in [0, 0.05) is 25.9 Å². The molecule has 126 valence electrons. The first-order valence-corrected chi connectivity index (χ1v) is 9.14. The van der Waals surface area contributed by atoms with Gasteiger partial charge in [0.15, 0.2) is 0 Å². The predicted octanol–water partition coefficient (Wildman–Crippen LogP) is 6.51. The van der Waals surface area contributed by atoms with E-state index in [1.807, 2.05) is 24.3 Å². The van der Waals surface area contributed by atoms with Gasteiger partial charge in [-0.1, -0.05) is 23.2 Å². The fourth-order valence-corrected chi connectivity index (χ4v) is 3.01. The summed E-state index contributed by atoms with van der Waals surface area (Å²) in [6.45, 7) is 0. The summed E-state index contributed by atoms with van der Waals surface area (Å²) in [5.74, 6) is 0.932. The van der Waals surface area contributed by atoms with Crippen molar-refractivity contribution in [1.29, 1.82) is 0 Å². The highest BCUT2D eigenvalue weighted by atomic mass is 127. The molecule has 2 aromatic carbocycles. The minimum atomic E-state index is -0.233. The summed E-state index contributed by atoms with van der Waals surface area (Å²) in [5, 5.41) is 3.86. The zero-order valence-corrected chi connectivity index (χ0v) is 16.5. The molecule has 6 heteroatoms. The number of benzene rings is 2. The van der Waals surface area contributed by atoms with Crippen molar-refractivity contribution < 1.29 is 9.21 Å². The molecule has 1 amide bonds. The quantitative estimate of drug-likeness (QED) is 0.339. The maximum atomic E-state index is 12.0. The average molecular weight is 484 g/mol. The van der Waals surface area contributed by atoms with Crippen LogP contribution >= 0.6 is 45.8 Å². The van der Waals surface area contributed by atoms with Crippen LogP contribution in [0.25, 0.3) is 17.4 Å². The summed E-state index contributed by atoms with van der Waals surface area (Å²) in [5.41, 5.74) is 1.48. The second-order valence-corrected chi connectivity index (χ2v) is 7.24. The maximum absolute atomic E-state index is 12.0. The van der Waals surface area contributed by atoms with E-state index in [-0.39, 0.29) is 5.91 Å². The average Bonchev–Trinajstić information content (AvgIpc) is 3.04. The van der Waals surface area contributed by atoms with E-state index in [0.717, 1.165) is 14.8 Å². The summed E-state index contributed by atoms with van der Waals surface area (Å²) in [4.78, 5) is 12.0. The van der Waals surface area contributed by atoms with Crippen molar-refractivity contribution in [3.63, 3.8) is 0 Å². The summed E-state index contributed by atoms with van der Waals surface area (Å²) < 4.78 is 6.82. The van der Waals surface area contributed by atoms with Crippen molar-refractivity contribution in [3.05, 3.63) is 80.0 Å². The third kappa shape index (κ3) is 4.87. The third-order valence-corrected chi connectivity index (χ3v) is 4.60. The number of hydrogen-bond donors (Lipinski definition) is 1. The van der Waals surface area contributed by atoms with E-state index in [0.29, 0.717) is 21.6 Å². The Kier molecular flexibility index (Phi) is 5.83. The van der Waals surface area contributed by atoms with Crippen LogP contribution in [0.5, 0.6) is 0 Å². The van der Waals surface area contributed by atoms with E-state index < -0.39 is 0 Å². The van der Waals surface area contributed by atoms with E-state index in [1.54, 1.807) is 36.4 Å². The molecule has 0 saturated carbocycles. The van der Waals surface area contributed by atoms with Crippen LogP contribution in [0, 0.1) is 3.57 Å². The Morgan fingerprint density at radius 2 is 1.80 bits per heavy atom. The highest BCUT2D eigenvalue weighted by Gasteiger charge is 2.08. The summed E-state index contributed by atoms with van der Waals surface area (Å²) in [6.07, 6.45) is 3.03. The summed E-state index contributed by atoms with van der Waals surface area (Å²) in [6, 6.07) is 16.3. The van der Waals surface area contributed by atoms with E-state index >= 15 is 0 Å². The normalized spacial score (nSPS) is 11.0. The molecule has 1 heterocycles. The standard InChI is InChI=1S/C19H12Cl2INO2/c20-12-1-8-16(17(21)11-12)18-9-6-15(25-18)7-10-19(24)23-14-4-2-13(22)3-5-14/h1-11H,(H,23,24)/b10-7+. The van der Waals surface area contributed by atoms with E-state index in [1.165, 1.54) is 6.08 Å². The fraction of sp³-hybridized carbons (Fsp3) is 0. The van der Waals surface area contributed by atoms with Crippen molar-refractivity contribution in [3.8, 4) is 11.3 Å². The zero-order chi connectivity index (χ0) is 17.8. The lowest BCUT2D eigenvalue weighted by Gasteiger charge is -2.01. The second kappa shape index (κ2) is 8.08. The van der Waals surface area contributed by atoms with Crippen LogP contribution in [0.2, 0.25) is 10.0 Å². The number of nitrogens with one attached hydrogen (secondary N) is 1. The third-order valence-electron chi connectivity index (χ3n) is 3.33. The lowest BCUT2D eigenvalue weighted by molar-refractivity contribution is -0.111. The van der Waals surface area contributed by atoms with Crippen molar-refractivity contribution in [2.24, 2.45) is 0 Å². The molecule has 25 heavy (non-hydrogen) atoms. The minimum absolute atomic E-state index is 0.233. The molecule has 3 nitrogen and oxygen atoms in total. The molecule has 0 bridgehead atoms. The van der Waals surface area contributed by atoms with Crippen LogP contribution in [-0.2, 0) is 4.79 Å². The Bertz CT molecular complexity index is 933. The number of halogens is 3. The van der Waals surface area contributed by atoms with Crippen LogP contribution in [0.4, 0.5) is 5.69 Å². The fourth-order valence-electron chi connectivity index (χ4n) is 2.15. The Morgan fingerprint density at radius 1 is 1.04 bits per heavy atom. The Morgan fingerprint density at radius 3 is 2.52 bits per heavy atom. The predicted molar refractivity (Wildman–Crippen MR) is 111 cm³/mol. The van der Waals surface area contributed by atoms with Crippen LogP contribution < -0.4 is 5.32 Å². The molecule has 1 aromatic heterocycles. The van der Waals surface area contributed by atoms with Gasteiger partial charge in [-0.05, 0) is 83.3 Å². The lowest BCUT2D eigenvalue weighted by Crippen LogP contribution is -2.07. The molecule has 0 aliphatic rings. The second-order valence-electron chi connectivity index (χ2n) is 5.16. The maximum Gasteiger partial charge on any atom is 0.248 e. The lowest BCUT2D eigenvalue weighted by atomic mass is 10.2. The number of carbonyl (C=O) groups excluding carboxylic acids is 1. The first-order valence-electron chi connectivity index (χ1n) is 7.31. The van der Waals surface area contributed by atoms with Gasteiger partial charge in [-0.2, -0.15) is 0 Å². The largest absolute Gasteiger partial charge is 0.457 e. The van der Waals surface area contributed by atoms with E-state index in [2.05, 4.69) is 27.9 Å². The zero-order valence-electron chi connectivity index (χ0n) is 12.8. The molecule has 1 N–H and O–H groups in total. The van der Waals surface area contributed by atoms with Gasteiger partial charge in [0.1, 0.15) is 11.5 Å². The summed E-state index contributed by atoms with van der Waals surface area (Å²) >= 11 is 14.3. The van der Waals surface area contributed by atoms with Crippen molar-refractivity contribution in [2.45, 2.75) is 0 Å². The van der Waals surface area contributed by atoms with Crippen LogP contribution in [0.3, 0.4) is 0 Å². The van der Waals surface area contributed by atoms with Crippen molar-refractivity contribution in [1.82, 2.24) is 0 Å². The van der Waals surface area contributed by atoms with Gasteiger partial charge in [-0.15, -0.1) is 0 Å². The number of rotatable bonds is 4. The van der Waals surface area contributed by atoms with Gasteiger partial charge in [-0.25, -0.2) is 0 Å². The molecule has 0 aliphatic heterocycles. The van der Waals surface area contributed by atoms with Crippen molar-refractivity contribution in [2.75, 3.05) is 5.32 Å².